The zero-order valence-corrected chi connectivity index (χ0v) is 8.43. The molecule has 15 heavy (non-hydrogen) atoms. The Bertz CT molecular complexity index is 330. The molecule has 1 heterocycles. The highest BCUT2D eigenvalue weighted by Gasteiger charge is 2.40. The van der Waals surface area contributed by atoms with Crippen molar-refractivity contribution in [3.05, 3.63) is 11.7 Å². The summed E-state index contributed by atoms with van der Waals surface area (Å²) in [5.41, 5.74) is 4.84. The maximum atomic E-state index is 12.2. The van der Waals surface area contributed by atoms with Crippen molar-refractivity contribution in [2.24, 2.45) is 5.73 Å². The van der Waals surface area contributed by atoms with Crippen LogP contribution in [0.5, 0.6) is 0 Å². The maximum absolute atomic E-state index is 12.2. The van der Waals surface area contributed by atoms with Gasteiger partial charge >= 0.3 is 6.18 Å². The molecule has 1 aromatic rings. The van der Waals surface area contributed by atoms with Crippen LogP contribution in [0.2, 0.25) is 0 Å². The fourth-order valence-electron chi connectivity index (χ4n) is 1.09. The Balaban J connectivity index is 3.03. The van der Waals surface area contributed by atoms with E-state index in [1.54, 1.807) is 13.8 Å². The Labute approximate surface area is 84.6 Å². The first kappa shape index (κ1) is 12.0. The van der Waals surface area contributed by atoms with E-state index in [1.165, 1.54) is 0 Å². The van der Waals surface area contributed by atoms with Gasteiger partial charge in [0.15, 0.2) is 0 Å². The van der Waals surface area contributed by atoms with Gasteiger partial charge in [0, 0.05) is 0 Å². The summed E-state index contributed by atoms with van der Waals surface area (Å²) in [4.78, 5) is 3.27. The highest BCUT2D eigenvalue weighted by molar-refractivity contribution is 5.02. The Morgan fingerprint density at radius 3 is 2.13 bits per heavy atom. The average Bonchev–Trinajstić information content (AvgIpc) is 2.65. The monoisotopic (exact) mass is 223 g/mol. The van der Waals surface area contributed by atoms with E-state index in [9.17, 15) is 13.2 Å². The lowest BCUT2D eigenvalue weighted by atomic mass is 9.94. The van der Waals surface area contributed by atoms with Crippen LogP contribution >= 0.6 is 0 Å². The molecule has 1 rings (SSSR count). The minimum absolute atomic E-state index is 0.167. The molecule has 0 aromatic carbocycles. The molecule has 0 atom stereocenters. The minimum atomic E-state index is -4.59. The van der Waals surface area contributed by atoms with E-state index in [0.29, 0.717) is 12.8 Å². The Morgan fingerprint density at radius 1 is 1.27 bits per heavy atom. The number of alkyl halides is 3. The lowest BCUT2D eigenvalue weighted by Gasteiger charge is -2.20. The summed E-state index contributed by atoms with van der Waals surface area (Å²) in [5, 5.41) is 2.86. The minimum Gasteiger partial charge on any atom is -0.337 e. The van der Waals surface area contributed by atoms with Gasteiger partial charge in [0.05, 0.1) is 5.54 Å². The maximum Gasteiger partial charge on any atom is 0.455 e. The highest BCUT2D eigenvalue weighted by atomic mass is 19.4. The van der Waals surface area contributed by atoms with Gasteiger partial charge in [-0.15, -0.1) is 0 Å². The largest absolute Gasteiger partial charge is 0.455 e. The first-order chi connectivity index (χ1) is 6.83. The zero-order chi connectivity index (χ0) is 11.7. The number of halogens is 3. The highest BCUT2D eigenvalue weighted by Crippen LogP contribution is 2.30. The summed E-state index contributed by atoms with van der Waals surface area (Å²) in [6.45, 7) is 3.50. The number of nitrogens with two attached hydrogens (primary N) is 1. The Kier molecular flexibility index (Phi) is 3.03. The molecule has 0 aliphatic rings. The van der Waals surface area contributed by atoms with Crippen LogP contribution in [0.3, 0.4) is 0 Å². The molecular weight excluding hydrogens is 211 g/mol. The van der Waals surface area contributed by atoms with E-state index in [4.69, 9.17) is 5.73 Å². The fourth-order valence-corrected chi connectivity index (χ4v) is 1.09. The van der Waals surface area contributed by atoms with Crippen molar-refractivity contribution in [1.29, 1.82) is 0 Å². The Hall–Kier alpha value is -1.11. The molecule has 0 spiro atoms. The van der Waals surface area contributed by atoms with Gasteiger partial charge in [0.1, 0.15) is 0 Å². The molecule has 86 valence electrons. The topological polar surface area (TPSA) is 64.9 Å². The normalized spacial score (nSPS) is 13.2. The van der Waals surface area contributed by atoms with Crippen LogP contribution in [0.25, 0.3) is 0 Å². The van der Waals surface area contributed by atoms with Crippen LogP contribution in [-0.4, -0.2) is 10.1 Å². The van der Waals surface area contributed by atoms with Crippen molar-refractivity contribution in [2.45, 2.75) is 38.4 Å². The number of hydrogen-bond acceptors (Lipinski definition) is 4. The predicted octanol–water partition coefficient (Wildman–Crippen LogP) is 2.06. The average molecular weight is 223 g/mol. The summed E-state index contributed by atoms with van der Waals surface area (Å²) >= 11 is 0. The SMILES string of the molecule is CCC(N)(CC)c1nc(C(F)(F)F)no1. The summed E-state index contributed by atoms with van der Waals surface area (Å²) < 4.78 is 41.0. The van der Waals surface area contributed by atoms with Crippen LogP contribution < -0.4 is 5.73 Å². The second-order valence-corrected chi connectivity index (χ2v) is 3.28. The molecule has 0 aliphatic heterocycles. The standard InChI is InChI=1S/C8H12F3N3O/c1-3-7(12,4-2)6-13-5(14-15-6)8(9,10)11/h3-4,12H2,1-2H3. The zero-order valence-electron chi connectivity index (χ0n) is 8.43. The second kappa shape index (κ2) is 3.80. The number of aromatic nitrogens is 2. The van der Waals surface area contributed by atoms with Crippen molar-refractivity contribution >= 4 is 0 Å². The molecule has 0 unspecified atom stereocenters. The van der Waals surface area contributed by atoms with Gasteiger partial charge in [-0.3, -0.25) is 0 Å². The van der Waals surface area contributed by atoms with Crippen LogP contribution in [-0.2, 0) is 11.7 Å². The van der Waals surface area contributed by atoms with Crippen molar-refractivity contribution in [3.8, 4) is 0 Å². The van der Waals surface area contributed by atoms with Crippen LogP contribution in [0.15, 0.2) is 4.52 Å². The van der Waals surface area contributed by atoms with Crippen molar-refractivity contribution in [2.75, 3.05) is 0 Å². The number of hydrogen-bond donors (Lipinski definition) is 1. The van der Waals surface area contributed by atoms with E-state index >= 15 is 0 Å². The van der Waals surface area contributed by atoms with Gasteiger partial charge in [-0.05, 0) is 12.8 Å². The summed E-state index contributed by atoms with van der Waals surface area (Å²) in [6, 6.07) is 0. The van der Waals surface area contributed by atoms with E-state index < -0.39 is 17.5 Å². The van der Waals surface area contributed by atoms with Crippen LogP contribution in [0, 0.1) is 0 Å². The van der Waals surface area contributed by atoms with E-state index in [-0.39, 0.29) is 5.89 Å². The van der Waals surface area contributed by atoms with Gasteiger partial charge < -0.3 is 10.3 Å². The molecule has 0 saturated carbocycles. The molecule has 7 heteroatoms. The molecular formula is C8H12F3N3O. The van der Waals surface area contributed by atoms with Crippen LogP contribution in [0.4, 0.5) is 13.2 Å². The molecule has 0 saturated heterocycles. The quantitative estimate of drug-likeness (QED) is 0.851. The molecule has 0 amide bonds. The summed E-state index contributed by atoms with van der Waals surface area (Å²) in [5.74, 6) is -1.45. The molecule has 1 aromatic heterocycles. The van der Waals surface area contributed by atoms with Crippen molar-refractivity contribution < 1.29 is 17.7 Å². The van der Waals surface area contributed by atoms with Gasteiger partial charge in [0.25, 0.3) is 5.82 Å². The molecule has 0 radical (unpaired) electrons. The van der Waals surface area contributed by atoms with Gasteiger partial charge in [-0.2, -0.15) is 18.2 Å². The third-order valence-electron chi connectivity index (χ3n) is 2.37. The van der Waals surface area contributed by atoms with Crippen LogP contribution in [0.1, 0.15) is 38.4 Å². The second-order valence-electron chi connectivity index (χ2n) is 3.28. The third kappa shape index (κ3) is 2.28. The van der Waals surface area contributed by atoms with E-state index in [1.807, 2.05) is 0 Å². The van der Waals surface area contributed by atoms with Gasteiger partial charge in [-0.25, -0.2) is 0 Å². The number of nitrogens with zero attached hydrogens (tertiary/aromatic N) is 2. The summed E-state index contributed by atoms with van der Waals surface area (Å²) in [6.07, 6.45) is -3.73. The molecule has 0 aliphatic carbocycles. The fraction of sp³-hybridized carbons (Fsp3) is 0.750. The van der Waals surface area contributed by atoms with Crippen molar-refractivity contribution in [3.63, 3.8) is 0 Å². The first-order valence-corrected chi connectivity index (χ1v) is 4.53. The molecule has 0 fully saturated rings. The van der Waals surface area contributed by atoms with Gasteiger partial charge in [-0.1, -0.05) is 19.0 Å². The third-order valence-corrected chi connectivity index (χ3v) is 2.37. The lowest BCUT2D eigenvalue weighted by molar-refractivity contribution is -0.146. The van der Waals surface area contributed by atoms with Gasteiger partial charge in [0.2, 0.25) is 5.89 Å². The summed E-state index contributed by atoms with van der Waals surface area (Å²) in [7, 11) is 0. The first-order valence-electron chi connectivity index (χ1n) is 4.53. The Morgan fingerprint density at radius 2 is 1.80 bits per heavy atom. The molecule has 2 N–H and O–H groups in total. The smallest absolute Gasteiger partial charge is 0.337 e. The van der Waals surface area contributed by atoms with Crippen molar-refractivity contribution in [1.82, 2.24) is 10.1 Å². The van der Waals surface area contributed by atoms with E-state index in [0.717, 1.165) is 0 Å². The van der Waals surface area contributed by atoms with E-state index in [2.05, 4.69) is 14.7 Å². The number of rotatable bonds is 3. The molecule has 4 nitrogen and oxygen atoms in total. The predicted molar refractivity (Wildman–Crippen MR) is 45.7 cm³/mol. The lowest BCUT2D eigenvalue weighted by Crippen LogP contribution is -2.35. The molecule has 0 bridgehead atoms.